The molecule has 0 bridgehead atoms. The van der Waals surface area contributed by atoms with Crippen molar-refractivity contribution in [2.24, 2.45) is 5.73 Å². The van der Waals surface area contributed by atoms with Crippen LogP contribution in [-0.4, -0.2) is 16.2 Å². The summed E-state index contributed by atoms with van der Waals surface area (Å²) < 4.78 is 5.31. The zero-order chi connectivity index (χ0) is 11.0. The van der Waals surface area contributed by atoms with Gasteiger partial charge in [-0.1, -0.05) is 11.2 Å². The highest BCUT2D eigenvalue weighted by atomic mass is 32.1. The van der Waals surface area contributed by atoms with E-state index in [1.54, 1.807) is 11.3 Å². The number of nitrogens with two attached hydrogens (primary N) is 1. The highest BCUT2D eigenvalue weighted by molar-refractivity contribution is 7.13. The molecule has 2 aromatic rings. The number of aromatic nitrogens is 2. The third-order valence-corrected chi connectivity index (χ3v) is 3.87. The van der Waals surface area contributed by atoms with Gasteiger partial charge >= 0.3 is 0 Å². The van der Waals surface area contributed by atoms with Crippen LogP contribution in [0.1, 0.15) is 31.1 Å². The van der Waals surface area contributed by atoms with Gasteiger partial charge in [-0.3, -0.25) is 0 Å². The van der Waals surface area contributed by atoms with Crippen LogP contribution in [0.25, 0.3) is 10.7 Å². The SMILES string of the molecule is NC1CCC(c2nc(-c3cccs3)no2)C1. The minimum Gasteiger partial charge on any atom is -0.339 e. The topological polar surface area (TPSA) is 64.9 Å². The van der Waals surface area contributed by atoms with Gasteiger partial charge in [0.25, 0.3) is 0 Å². The fourth-order valence-electron chi connectivity index (χ4n) is 2.15. The van der Waals surface area contributed by atoms with Gasteiger partial charge in [0, 0.05) is 12.0 Å². The Hall–Kier alpha value is -1.20. The van der Waals surface area contributed by atoms with Gasteiger partial charge in [0.1, 0.15) is 0 Å². The lowest BCUT2D eigenvalue weighted by molar-refractivity contribution is 0.353. The highest BCUT2D eigenvalue weighted by Gasteiger charge is 2.28. The molecule has 3 rings (SSSR count). The molecular formula is C11H13N3OS. The van der Waals surface area contributed by atoms with E-state index in [1.807, 2.05) is 17.5 Å². The van der Waals surface area contributed by atoms with Crippen LogP contribution in [0.3, 0.4) is 0 Å². The van der Waals surface area contributed by atoms with Crippen LogP contribution < -0.4 is 5.73 Å². The van der Waals surface area contributed by atoms with Crippen molar-refractivity contribution < 1.29 is 4.52 Å². The molecule has 4 nitrogen and oxygen atoms in total. The van der Waals surface area contributed by atoms with Gasteiger partial charge < -0.3 is 10.3 Å². The zero-order valence-electron chi connectivity index (χ0n) is 8.80. The van der Waals surface area contributed by atoms with E-state index in [4.69, 9.17) is 10.3 Å². The maximum absolute atomic E-state index is 5.88. The highest BCUT2D eigenvalue weighted by Crippen LogP contribution is 2.33. The van der Waals surface area contributed by atoms with Gasteiger partial charge in [0.2, 0.25) is 11.7 Å². The van der Waals surface area contributed by atoms with Crippen LogP contribution in [0, 0.1) is 0 Å². The first-order valence-electron chi connectivity index (χ1n) is 5.46. The molecular weight excluding hydrogens is 222 g/mol. The summed E-state index contributed by atoms with van der Waals surface area (Å²) in [5.41, 5.74) is 5.88. The van der Waals surface area contributed by atoms with Crippen LogP contribution >= 0.6 is 11.3 Å². The monoisotopic (exact) mass is 235 g/mol. The summed E-state index contributed by atoms with van der Waals surface area (Å²) in [5, 5.41) is 6.02. The molecule has 0 spiro atoms. The van der Waals surface area contributed by atoms with Crippen molar-refractivity contribution in [3.63, 3.8) is 0 Å². The number of hydrogen-bond acceptors (Lipinski definition) is 5. The molecule has 0 amide bonds. The van der Waals surface area contributed by atoms with Crippen molar-refractivity contribution in [1.82, 2.24) is 10.1 Å². The molecule has 0 radical (unpaired) electrons. The lowest BCUT2D eigenvalue weighted by Gasteiger charge is -2.01. The van der Waals surface area contributed by atoms with Gasteiger partial charge in [-0.05, 0) is 30.7 Å². The average molecular weight is 235 g/mol. The first kappa shape index (κ1) is 9.99. The fraction of sp³-hybridized carbons (Fsp3) is 0.455. The summed E-state index contributed by atoms with van der Waals surface area (Å²) in [5.74, 6) is 1.80. The Morgan fingerprint density at radius 2 is 2.38 bits per heavy atom. The molecule has 16 heavy (non-hydrogen) atoms. The van der Waals surface area contributed by atoms with Crippen molar-refractivity contribution in [3.8, 4) is 10.7 Å². The molecule has 5 heteroatoms. The Bertz CT molecular complexity index is 465. The molecule has 1 saturated carbocycles. The summed E-state index contributed by atoms with van der Waals surface area (Å²) >= 11 is 1.62. The molecule has 2 N–H and O–H groups in total. The van der Waals surface area contributed by atoms with Crippen LogP contribution in [0.15, 0.2) is 22.0 Å². The quantitative estimate of drug-likeness (QED) is 0.868. The van der Waals surface area contributed by atoms with E-state index < -0.39 is 0 Å². The Kier molecular flexibility index (Phi) is 2.49. The summed E-state index contributed by atoms with van der Waals surface area (Å²) in [4.78, 5) is 5.50. The largest absolute Gasteiger partial charge is 0.339 e. The lowest BCUT2D eigenvalue weighted by atomic mass is 10.1. The number of nitrogens with zero attached hydrogens (tertiary/aromatic N) is 2. The number of rotatable bonds is 2. The molecule has 0 saturated heterocycles. The third kappa shape index (κ3) is 1.76. The first-order chi connectivity index (χ1) is 7.83. The van der Waals surface area contributed by atoms with Gasteiger partial charge in [0.05, 0.1) is 4.88 Å². The first-order valence-corrected chi connectivity index (χ1v) is 6.34. The van der Waals surface area contributed by atoms with Crippen LogP contribution in [0.5, 0.6) is 0 Å². The van der Waals surface area contributed by atoms with Crippen LogP contribution in [-0.2, 0) is 0 Å². The minimum atomic E-state index is 0.294. The molecule has 0 aromatic carbocycles. The summed E-state index contributed by atoms with van der Waals surface area (Å²) in [6, 6.07) is 4.28. The van der Waals surface area contributed by atoms with Gasteiger partial charge in [-0.15, -0.1) is 11.3 Å². The van der Waals surface area contributed by atoms with E-state index in [9.17, 15) is 0 Å². The summed E-state index contributed by atoms with van der Waals surface area (Å²) in [7, 11) is 0. The summed E-state index contributed by atoms with van der Waals surface area (Å²) in [6.07, 6.45) is 3.08. The maximum Gasteiger partial charge on any atom is 0.230 e. The zero-order valence-corrected chi connectivity index (χ0v) is 9.61. The maximum atomic E-state index is 5.88. The standard InChI is InChI=1S/C11H13N3OS/c12-8-4-3-7(6-8)11-13-10(14-15-11)9-2-1-5-16-9/h1-2,5,7-8H,3-4,6,12H2. The molecule has 1 fully saturated rings. The fourth-order valence-corrected chi connectivity index (χ4v) is 2.80. The Labute approximate surface area is 97.5 Å². The molecule has 2 atom stereocenters. The molecule has 0 aliphatic heterocycles. The predicted molar refractivity (Wildman–Crippen MR) is 62.2 cm³/mol. The van der Waals surface area contributed by atoms with E-state index in [1.165, 1.54) is 0 Å². The predicted octanol–water partition coefficient (Wildman–Crippen LogP) is 2.39. The van der Waals surface area contributed by atoms with Gasteiger partial charge in [-0.25, -0.2) is 0 Å². The number of thiophene rings is 1. The van der Waals surface area contributed by atoms with Crippen molar-refractivity contribution in [2.75, 3.05) is 0 Å². The number of hydrogen-bond donors (Lipinski definition) is 1. The Morgan fingerprint density at radius 3 is 3.06 bits per heavy atom. The van der Waals surface area contributed by atoms with Gasteiger partial charge in [0.15, 0.2) is 0 Å². The third-order valence-electron chi connectivity index (χ3n) is 3.01. The molecule has 2 heterocycles. The van der Waals surface area contributed by atoms with Gasteiger partial charge in [-0.2, -0.15) is 4.98 Å². The molecule has 1 aliphatic carbocycles. The van der Waals surface area contributed by atoms with Crippen molar-refractivity contribution >= 4 is 11.3 Å². The Balaban J connectivity index is 1.83. The smallest absolute Gasteiger partial charge is 0.230 e. The van der Waals surface area contributed by atoms with E-state index in [0.717, 1.165) is 30.0 Å². The van der Waals surface area contributed by atoms with Crippen LogP contribution in [0.2, 0.25) is 0 Å². The minimum absolute atomic E-state index is 0.294. The van der Waals surface area contributed by atoms with Crippen LogP contribution in [0.4, 0.5) is 0 Å². The molecule has 84 valence electrons. The van der Waals surface area contributed by atoms with E-state index >= 15 is 0 Å². The molecule has 1 aliphatic rings. The Morgan fingerprint density at radius 1 is 1.44 bits per heavy atom. The second-order valence-electron chi connectivity index (χ2n) is 4.20. The van der Waals surface area contributed by atoms with Crippen molar-refractivity contribution in [1.29, 1.82) is 0 Å². The second kappa shape index (κ2) is 3.99. The van der Waals surface area contributed by atoms with E-state index in [2.05, 4.69) is 10.1 Å². The van der Waals surface area contributed by atoms with Crippen molar-refractivity contribution in [2.45, 2.75) is 31.2 Å². The van der Waals surface area contributed by atoms with E-state index in [0.29, 0.717) is 17.8 Å². The average Bonchev–Trinajstić information content (AvgIpc) is 2.97. The molecule has 2 unspecified atom stereocenters. The summed E-state index contributed by atoms with van der Waals surface area (Å²) in [6.45, 7) is 0. The second-order valence-corrected chi connectivity index (χ2v) is 5.15. The molecule has 2 aromatic heterocycles. The van der Waals surface area contributed by atoms with E-state index in [-0.39, 0.29) is 0 Å². The normalized spacial score (nSPS) is 25.1. The van der Waals surface area contributed by atoms with Crippen molar-refractivity contribution in [3.05, 3.63) is 23.4 Å². The lowest BCUT2D eigenvalue weighted by Crippen LogP contribution is -2.14.